The Balaban J connectivity index is 2.36. The van der Waals surface area contributed by atoms with E-state index in [1.54, 1.807) is 6.92 Å². The number of phenols is 2. The van der Waals surface area contributed by atoms with Gasteiger partial charge in [0, 0.05) is 11.6 Å². The summed E-state index contributed by atoms with van der Waals surface area (Å²) in [5, 5.41) is 19.5. The molecule has 2 N–H and O–H groups in total. The van der Waals surface area contributed by atoms with Crippen molar-refractivity contribution in [2.24, 2.45) is 0 Å². The lowest BCUT2D eigenvalue weighted by Gasteiger charge is -2.07. The second-order valence-electron chi connectivity index (χ2n) is 4.60. The molecule has 1 heterocycles. The quantitative estimate of drug-likeness (QED) is 0.665. The lowest BCUT2D eigenvalue weighted by atomic mass is 10.1. The van der Waals surface area contributed by atoms with Crippen molar-refractivity contribution in [1.29, 1.82) is 0 Å². The van der Waals surface area contributed by atoms with Crippen molar-refractivity contribution in [3.63, 3.8) is 0 Å². The van der Waals surface area contributed by atoms with Gasteiger partial charge in [0.2, 0.25) is 0 Å². The summed E-state index contributed by atoms with van der Waals surface area (Å²) in [6, 6.07) is 12.1. The predicted octanol–water partition coefficient (Wildman–Crippen LogP) is 3.18. The van der Waals surface area contributed by atoms with Crippen LogP contribution in [0.4, 0.5) is 0 Å². The topological polar surface area (TPSA) is 70.7 Å². The van der Waals surface area contributed by atoms with Crippen LogP contribution in [-0.2, 0) is 0 Å². The molecule has 3 rings (SSSR count). The van der Waals surface area contributed by atoms with E-state index in [0.29, 0.717) is 11.3 Å². The van der Waals surface area contributed by atoms with E-state index in [4.69, 9.17) is 4.42 Å². The van der Waals surface area contributed by atoms with Crippen molar-refractivity contribution in [3.05, 3.63) is 58.3 Å². The number of rotatable bonds is 1. The van der Waals surface area contributed by atoms with Gasteiger partial charge in [0.15, 0.2) is 16.9 Å². The first-order valence-corrected chi connectivity index (χ1v) is 6.12. The van der Waals surface area contributed by atoms with Gasteiger partial charge in [-0.25, -0.2) is 0 Å². The van der Waals surface area contributed by atoms with E-state index in [9.17, 15) is 15.0 Å². The Morgan fingerprint density at radius 2 is 1.70 bits per heavy atom. The van der Waals surface area contributed by atoms with Crippen LogP contribution >= 0.6 is 0 Å². The van der Waals surface area contributed by atoms with Gasteiger partial charge in [-0.15, -0.1) is 0 Å². The molecule has 0 spiro atoms. The van der Waals surface area contributed by atoms with Gasteiger partial charge in [-0.2, -0.15) is 0 Å². The summed E-state index contributed by atoms with van der Waals surface area (Å²) < 4.78 is 5.67. The van der Waals surface area contributed by atoms with Crippen LogP contribution < -0.4 is 5.43 Å². The third kappa shape index (κ3) is 1.82. The minimum Gasteiger partial charge on any atom is -0.504 e. The van der Waals surface area contributed by atoms with E-state index in [2.05, 4.69) is 0 Å². The highest BCUT2D eigenvalue weighted by Crippen LogP contribution is 2.36. The zero-order valence-electron chi connectivity index (χ0n) is 10.8. The second-order valence-corrected chi connectivity index (χ2v) is 4.60. The van der Waals surface area contributed by atoms with E-state index < -0.39 is 11.2 Å². The molecule has 0 amide bonds. The fourth-order valence-corrected chi connectivity index (χ4v) is 2.16. The molecule has 0 aliphatic rings. The Kier molecular flexibility index (Phi) is 2.71. The Morgan fingerprint density at radius 1 is 1.00 bits per heavy atom. The molecular weight excluding hydrogens is 256 g/mol. The van der Waals surface area contributed by atoms with Crippen molar-refractivity contribution in [2.45, 2.75) is 6.92 Å². The minimum atomic E-state index is -0.437. The first-order chi connectivity index (χ1) is 9.58. The summed E-state index contributed by atoms with van der Waals surface area (Å²) in [4.78, 5) is 12.1. The standard InChI is InChI=1S/C16H12O4/c1-9-7-13-14(16(19)15(9)18)11(17)8-12(20-13)10-5-3-2-4-6-10/h2-8,18-19H,1H3. The number of fused-ring (bicyclic) bond motifs is 1. The third-order valence-electron chi connectivity index (χ3n) is 3.22. The molecule has 4 nitrogen and oxygen atoms in total. The number of phenolic OH excluding ortho intramolecular Hbond substituents is 2. The lowest BCUT2D eigenvalue weighted by Crippen LogP contribution is -2.01. The Morgan fingerprint density at radius 3 is 2.40 bits per heavy atom. The van der Waals surface area contributed by atoms with Crippen LogP contribution in [0.1, 0.15) is 5.56 Å². The first-order valence-electron chi connectivity index (χ1n) is 6.12. The Bertz CT molecular complexity index is 848. The molecule has 0 saturated heterocycles. The molecule has 4 heteroatoms. The monoisotopic (exact) mass is 268 g/mol. The highest BCUT2D eigenvalue weighted by molar-refractivity contribution is 5.88. The molecule has 0 radical (unpaired) electrons. The van der Waals surface area contributed by atoms with Crippen molar-refractivity contribution >= 4 is 11.0 Å². The van der Waals surface area contributed by atoms with Crippen LogP contribution in [0, 0.1) is 6.92 Å². The van der Waals surface area contributed by atoms with Crippen molar-refractivity contribution in [3.8, 4) is 22.8 Å². The third-order valence-corrected chi connectivity index (χ3v) is 3.22. The highest BCUT2D eigenvalue weighted by atomic mass is 16.3. The summed E-state index contributed by atoms with van der Waals surface area (Å²) in [5.41, 5.74) is 1.09. The van der Waals surface area contributed by atoms with Crippen LogP contribution in [0.15, 0.2) is 51.7 Å². The predicted molar refractivity (Wildman–Crippen MR) is 76.0 cm³/mol. The zero-order valence-corrected chi connectivity index (χ0v) is 10.8. The summed E-state index contributed by atoms with van der Waals surface area (Å²) in [6.45, 7) is 1.63. The lowest BCUT2D eigenvalue weighted by molar-refractivity contribution is 0.404. The summed E-state index contributed by atoms with van der Waals surface area (Å²) in [7, 11) is 0. The fourth-order valence-electron chi connectivity index (χ4n) is 2.16. The van der Waals surface area contributed by atoms with E-state index in [1.807, 2.05) is 30.3 Å². The first kappa shape index (κ1) is 12.3. The molecule has 0 aliphatic heterocycles. The molecule has 0 fully saturated rings. The van der Waals surface area contributed by atoms with Crippen molar-refractivity contribution < 1.29 is 14.6 Å². The van der Waals surface area contributed by atoms with Gasteiger partial charge in [-0.3, -0.25) is 4.79 Å². The summed E-state index contributed by atoms with van der Waals surface area (Å²) in [6.07, 6.45) is 0. The fraction of sp³-hybridized carbons (Fsp3) is 0.0625. The van der Waals surface area contributed by atoms with E-state index >= 15 is 0 Å². The van der Waals surface area contributed by atoms with Crippen LogP contribution in [0.3, 0.4) is 0 Å². The molecule has 100 valence electrons. The molecule has 2 aromatic carbocycles. The van der Waals surface area contributed by atoms with Crippen molar-refractivity contribution in [1.82, 2.24) is 0 Å². The largest absolute Gasteiger partial charge is 0.504 e. The van der Waals surface area contributed by atoms with Gasteiger partial charge < -0.3 is 14.6 Å². The van der Waals surface area contributed by atoms with Crippen LogP contribution in [0.5, 0.6) is 11.5 Å². The molecule has 20 heavy (non-hydrogen) atoms. The van der Waals surface area contributed by atoms with Gasteiger partial charge in [0.05, 0.1) is 0 Å². The summed E-state index contributed by atoms with van der Waals surface area (Å²) >= 11 is 0. The minimum absolute atomic E-state index is 0.00668. The number of hydrogen-bond donors (Lipinski definition) is 2. The van der Waals surface area contributed by atoms with Crippen LogP contribution in [0.25, 0.3) is 22.3 Å². The second kappa shape index (κ2) is 4.42. The highest BCUT2D eigenvalue weighted by Gasteiger charge is 2.15. The molecule has 0 aliphatic carbocycles. The maximum absolute atomic E-state index is 12.1. The van der Waals surface area contributed by atoms with E-state index in [0.717, 1.165) is 5.56 Å². The van der Waals surface area contributed by atoms with Gasteiger partial charge in [0.25, 0.3) is 0 Å². The Labute approximate surface area is 114 Å². The Hall–Kier alpha value is -2.75. The smallest absolute Gasteiger partial charge is 0.197 e. The normalized spacial score (nSPS) is 10.8. The van der Waals surface area contributed by atoms with Gasteiger partial charge in [-0.05, 0) is 18.6 Å². The molecule has 3 aromatic rings. The maximum atomic E-state index is 12.1. The van der Waals surface area contributed by atoms with Gasteiger partial charge in [0.1, 0.15) is 16.7 Å². The molecule has 1 aromatic heterocycles. The summed E-state index contributed by atoms with van der Waals surface area (Å²) in [5.74, 6) is -0.307. The van der Waals surface area contributed by atoms with Crippen LogP contribution in [0.2, 0.25) is 0 Å². The number of benzene rings is 2. The molecule has 0 atom stereocenters. The van der Waals surface area contributed by atoms with Crippen molar-refractivity contribution in [2.75, 3.05) is 0 Å². The molecular formula is C16H12O4. The number of hydrogen-bond acceptors (Lipinski definition) is 4. The van der Waals surface area contributed by atoms with Gasteiger partial charge in [-0.1, -0.05) is 30.3 Å². The zero-order chi connectivity index (χ0) is 14.3. The average molecular weight is 268 g/mol. The number of aryl methyl sites for hydroxylation is 1. The molecule has 0 bridgehead atoms. The van der Waals surface area contributed by atoms with Gasteiger partial charge >= 0.3 is 0 Å². The maximum Gasteiger partial charge on any atom is 0.197 e. The molecule has 0 unspecified atom stereocenters. The van der Waals surface area contributed by atoms with E-state index in [-0.39, 0.29) is 16.7 Å². The average Bonchev–Trinajstić information content (AvgIpc) is 2.45. The SMILES string of the molecule is Cc1cc2oc(-c3ccccc3)cc(=O)c2c(O)c1O. The van der Waals surface area contributed by atoms with Crippen LogP contribution in [-0.4, -0.2) is 10.2 Å². The molecule has 0 saturated carbocycles. The number of aromatic hydroxyl groups is 2. The van der Waals surface area contributed by atoms with E-state index in [1.165, 1.54) is 12.1 Å².